The molecule has 3 aromatic carbocycles. The van der Waals surface area contributed by atoms with Crippen LogP contribution in [0.4, 0.5) is 0 Å². The molecule has 3 N–H and O–H groups in total. The summed E-state index contributed by atoms with van der Waals surface area (Å²) < 4.78 is 0. The number of hydrogen-bond acceptors (Lipinski definition) is 3. The van der Waals surface area contributed by atoms with Gasteiger partial charge in [0.25, 0.3) is 0 Å². The minimum absolute atomic E-state index is 0.133. The summed E-state index contributed by atoms with van der Waals surface area (Å²) in [6, 6.07) is 21.5. The Morgan fingerprint density at radius 2 is 1.75 bits per heavy atom. The third-order valence-electron chi connectivity index (χ3n) is 6.56. The lowest BCUT2D eigenvalue weighted by Crippen LogP contribution is -2.46. The van der Waals surface area contributed by atoms with E-state index in [4.69, 9.17) is 0 Å². The maximum Gasteiger partial charge on any atom is 0.220 e. The molecule has 1 aliphatic rings. The zero-order valence-electron chi connectivity index (χ0n) is 18.5. The molecule has 0 bridgehead atoms. The average Bonchev–Trinajstić information content (AvgIpc) is 3.41. The van der Waals surface area contributed by atoms with E-state index in [-0.39, 0.29) is 11.4 Å². The van der Waals surface area contributed by atoms with Gasteiger partial charge in [0.1, 0.15) is 0 Å². The fourth-order valence-electron chi connectivity index (χ4n) is 4.71. The van der Waals surface area contributed by atoms with Crippen LogP contribution in [0.3, 0.4) is 0 Å². The second kappa shape index (κ2) is 8.24. The van der Waals surface area contributed by atoms with Crippen LogP contribution in [-0.4, -0.2) is 28.2 Å². The number of hydrogen-bond donors (Lipinski definition) is 3. The fraction of sp³-hybridized carbons (Fsp3) is 0.259. The SMILES string of the molecule is Cc1c(-c2ccc(CNCC3(C)CCC(=O)N3)cc2)cccc1-c1cccc2[nH]ncc12. The summed E-state index contributed by atoms with van der Waals surface area (Å²) in [4.78, 5) is 11.5. The van der Waals surface area contributed by atoms with Crippen LogP contribution < -0.4 is 10.6 Å². The predicted octanol–water partition coefficient (Wildman–Crippen LogP) is 4.96. The molecular formula is C27H28N4O. The number of nitrogens with one attached hydrogen (secondary N) is 3. The smallest absolute Gasteiger partial charge is 0.220 e. The molecule has 5 heteroatoms. The number of fused-ring (bicyclic) bond motifs is 1. The number of H-pyrrole nitrogens is 1. The number of carbonyl (C=O) groups excluding carboxylic acids is 1. The van der Waals surface area contributed by atoms with E-state index in [2.05, 4.69) is 95.3 Å². The van der Waals surface area contributed by atoms with Gasteiger partial charge in [0.05, 0.1) is 17.3 Å². The van der Waals surface area contributed by atoms with E-state index in [0.29, 0.717) is 6.42 Å². The molecule has 1 amide bonds. The summed E-state index contributed by atoms with van der Waals surface area (Å²) in [6.07, 6.45) is 3.41. The maximum atomic E-state index is 11.5. The zero-order valence-corrected chi connectivity index (χ0v) is 18.5. The van der Waals surface area contributed by atoms with Crippen molar-refractivity contribution in [1.29, 1.82) is 0 Å². The minimum Gasteiger partial charge on any atom is -0.350 e. The van der Waals surface area contributed by atoms with Crippen molar-refractivity contribution < 1.29 is 4.79 Å². The molecule has 32 heavy (non-hydrogen) atoms. The van der Waals surface area contributed by atoms with Crippen LogP contribution in [0.5, 0.6) is 0 Å². The Kier molecular flexibility index (Phi) is 5.27. The van der Waals surface area contributed by atoms with Crippen molar-refractivity contribution in [2.75, 3.05) is 6.54 Å². The molecule has 1 unspecified atom stereocenters. The van der Waals surface area contributed by atoms with Gasteiger partial charge in [-0.2, -0.15) is 5.10 Å². The summed E-state index contributed by atoms with van der Waals surface area (Å²) in [5.41, 5.74) is 8.29. The van der Waals surface area contributed by atoms with Crippen LogP contribution >= 0.6 is 0 Å². The monoisotopic (exact) mass is 424 g/mol. The maximum absolute atomic E-state index is 11.5. The van der Waals surface area contributed by atoms with Crippen molar-refractivity contribution in [2.45, 2.75) is 38.8 Å². The highest BCUT2D eigenvalue weighted by Gasteiger charge is 2.32. The predicted molar refractivity (Wildman–Crippen MR) is 129 cm³/mol. The van der Waals surface area contributed by atoms with E-state index in [0.717, 1.165) is 30.4 Å². The van der Waals surface area contributed by atoms with Gasteiger partial charge in [0.2, 0.25) is 5.91 Å². The Hall–Kier alpha value is -3.44. The van der Waals surface area contributed by atoms with Gasteiger partial charge in [-0.1, -0.05) is 54.6 Å². The third kappa shape index (κ3) is 3.92. The van der Waals surface area contributed by atoms with Crippen LogP contribution in [0.1, 0.15) is 30.9 Å². The van der Waals surface area contributed by atoms with E-state index >= 15 is 0 Å². The molecule has 1 atom stereocenters. The van der Waals surface area contributed by atoms with Gasteiger partial charge < -0.3 is 10.6 Å². The summed E-state index contributed by atoms with van der Waals surface area (Å²) >= 11 is 0. The van der Waals surface area contributed by atoms with Crippen molar-refractivity contribution in [3.05, 3.63) is 78.0 Å². The van der Waals surface area contributed by atoms with Crippen LogP contribution in [0.25, 0.3) is 33.2 Å². The largest absolute Gasteiger partial charge is 0.350 e. The van der Waals surface area contributed by atoms with E-state index in [9.17, 15) is 4.79 Å². The molecule has 4 aromatic rings. The lowest BCUT2D eigenvalue weighted by molar-refractivity contribution is -0.119. The Labute approximate surface area is 188 Å². The van der Waals surface area contributed by atoms with Gasteiger partial charge in [-0.3, -0.25) is 9.89 Å². The number of nitrogens with zero attached hydrogens (tertiary/aromatic N) is 1. The Balaban J connectivity index is 1.34. The lowest BCUT2D eigenvalue weighted by Gasteiger charge is -2.24. The minimum atomic E-state index is -0.133. The molecule has 1 aliphatic heterocycles. The molecule has 162 valence electrons. The first kappa shape index (κ1) is 20.5. The Morgan fingerprint density at radius 1 is 1.00 bits per heavy atom. The van der Waals surface area contributed by atoms with Crippen LogP contribution in [0.15, 0.2) is 66.9 Å². The van der Waals surface area contributed by atoms with E-state index < -0.39 is 0 Å². The van der Waals surface area contributed by atoms with Gasteiger partial charge in [-0.15, -0.1) is 0 Å². The molecule has 5 nitrogen and oxygen atoms in total. The molecule has 0 radical (unpaired) electrons. The highest BCUT2D eigenvalue weighted by Crippen LogP contribution is 2.35. The van der Waals surface area contributed by atoms with Gasteiger partial charge in [0, 0.05) is 24.9 Å². The summed E-state index contributed by atoms with van der Waals surface area (Å²) in [7, 11) is 0. The van der Waals surface area contributed by atoms with Crippen LogP contribution in [0, 0.1) is 6.92 Å². The van der Waals surface area contributed by atoms with Crippen molar-refractivity contribution in [2.24, 2.45) is 0 Å². The lowest BCUT2D eigenvalue weighted by atomic mass is 9.91. The van der Waals surface area contributed by atoms with E-state index in [1.54, 1.807) is 0 Å². The van der Waals surface area contributed by atoms with Gasteiger partial charge in [-0.25, -0.2) is 0 Å². The van der Waals surface area contributed by atoms with Crippen LogP contribution in [0.2, 0.25) is 0 Å². The quantitative estimate of drug-likeness (QED) is 0.410. The molecule has 0 spiro atoms. The first-order valence-corrected chi connectivity index (χ1v) is 11.2. The van der Waals surface area contributed by atoms with Crippen molar-refractivity contribution in [3.8, 4) is 22.3 Å². The highest BCUT2D eigenvalue weighted by atomic mass is 16.2. The van der Waals surface area contributed by atoms with E-state index in [1.165, 1.54) is 33.4 Å². The van der Waals surface area contributed by atoms with Crippen molar-refractivity contribution >= 4 is 16.8 Å². The number of aromatic nitrogens is 2. The molecule has 1 aromatic heterocycles. The summed E-state index contributed by atoms with van der Waals surface area (Å²) in [6.45, 7) is 5.86. The molecule has 1 saturated heterocycles. The molecule has 0 aliphatic carbocycles. The molecule has 0 saturated carbocycles. The molecule has 5 rings (SSSR count). The topological polar surface area (TPSA) is 69.8 Å². The fourth-order valence-corrected chi connectivity index (χ4v) is 4.71. The first-order valence-electron chi connectivity index (χ1n) is 11.2. The Bertz CT molecular complexity index is 1270. The average molecular weight is 425 g/mol. The number of carbonyl (C=O) groups is 1. The number of benzene rings is 3. The normalized spacial score (nSPS) is 18.2. The van der Waals surface area contributed by atoms with Gasteiger partial charge >= 0.3 is 0 Å². The van der Waals surface area contributed by atoms with Crippen molar-refractivity contribution in [1.82, 2.24) is 20.8 Å². The third-order valence-corrected chi connectivity index (χ3v) is 6.56. The van der Waals surface area contributed by atoms with Gasteiger partial charge in [0.15, 0.2) is 0 Å². The van der Waals surface area contributed by atoms with Gasteiger partial charge in [-0.05, 0) is 59.7 Å². The standard InChI is InChI=1S/C27H28N4O/c1-18-21(5-3-6-22(18)23-7-4-8-25-24(23)16-29-31-25)20-11-9-19(10-12-20)15-28-17-27(2)14-13-26(32)30-27/h3-12,16,28H,13-15,17H2,1-2H3,(H,29,31)(H,30,32). The summed E-state index contributed by atoms with van der Waals surface area (Å²) in [5, 5.41) is 15.0. The number of rotatable bonds is 6. The second-order valence-electron chi connectivity index (χ2n) is 9.02. The first-order chi connectivity index (χ1) is 15.5. The molecule has 2 heterocycles. The zero-order chi connectivity index (χ0) is 22.1. The molecule has 1 fully saturated rings. The van der Waals surface area contributed by atoms with E-state index in [1.807, 2.05) is 6.20 Å². The number of aromatic amines is 1. The van der Waals surface area contributed by atoms with Crippen LogP contribution in [-0.2, 0) is 11.3 Å². The Morgan fingerprint density at radius 3 is 2.53 bits per heavy atom. The summed E-state index contributed by atoms with van der Waals surface area (Å²) in [5.74, 6) is 0.153. The highest BCUT2D eigenvalue weighted by molar-refractivity contribution is 5.96. The molecular weight excluding hydrogens is 396 g/mol. The second-order valence-corrected chi connectivity index (χ2v) is 9.02. The number of amides is 1. The van der Waals surface area contributed by atoms with Crippen molar-refractivity contribution in [3.63, 3.8) is 0 Å².